The van der Waals surface area contributed by atoms with Gasteiger partial charge < -0.3 is 9.84 Å². The molecule has 5 rings (SSSR count). The first-order valence-electron chi connectivity index (χ1n) is 12.6. The molecule has 0 unspecified atom stereocenters. The summed E-state index contributed by atoms with van der Waals surface area (Å²) in [6.07, 6.45) is 10.5. The normalized spacial score (nSPS) is 15.5. The summed E-state index contributed by atoms with van der Waals surface area (Å²) < 4.78 is 5.46. The Morgan fingerprint density at radius 3 is 2.19 bits per heavy atom. The molecule has 4 nitrogen and oxygen atoms in total. The highest BCUT2D eigenvalue weighted by Gasteiger charge is 2.22. The van der Waals surface area contributed by atoms with Crippen molar-refractivity contribution in [2.75, 3.05) is 26.2 Å². The smallest absolute Gasteiger partial charge is 0.336 e. The molecule has 3 aromatic carbocycles. The zero-order valence-corrected chi connectivity index (χ0v) is 20.6. The molecule has 0 spiro atoms. The van der Waals surface area contributed by atoms with E-state index in [0.717, 1.165) is 32.5 Å². The first kappa shape index (κ1) is 23.8. The summed E-state index contributed by atoms with van der Waals surface area (Å²) in [5, 5.41) is 9.61. The maximum absolute atomic E-state index is 11.7. The van der Waals surface area contributed by atoms with Crippen molar-refractivity contribution in [1.29, 1.82) is 0 Å². The Kier molecular flexibility index (Phi) is 7.15. The molecule has 0 bridgehead atoms. The molecule has 0 saturated carbocycles. The van der Waals surface area contributed by atoms with E-state index in [9.17, 15) is 9.90 Å². The molecule has 1 saturated heterocycles. The van der Waals surface area contributed by atoms with Crippen molar-refractivity contribution in [2.24, 2.45) is 0 Å². The van der Waals surface area contributed by atoms with E-state index in [-0.39, 0.29) is 5.56 Å². The van der Waals surface area contributed by atoms with Gasteiger partial charge >= 0.3 is 5.97 Å². The Balaban J connectivity index is 1.32. The molecule has 4 heteroatoms. The van der Waals surface area contributed by atoms with E-state index < -0.39 is 5.97 Å². The monoisotopic (exact) mass is 477 g/mol. The van der Waals surface area contributed by atoms with E-state index in [1.165, 1.54) is 33.4 Å². The van der Waals surface area contributed by atoms with Gasteiger partial charge in [-0.25, -0.2) is 4.79 Å². The highest BCUT2D eigenvalue weighted by Crippen LogP contribution is 2.38. The summed E-state index contributed by atoms with van der Waals surface area (Å²) in [7, 11) is 0. The van der Waals surface area contributed by atoms with E-state index in [1.54, 1.807) is 6.07 Å². The molecule has 1 aliphatic heterocycles. The second kappa shape index (κ2) is 10.8. The third kappa shape index (κ3) is 5.05. The third-order valence-corrected chi connectivity index (χ3v) is 6.94. The summed E-state index contributed by atoms with van der Waals surface area (Å²) in [6, 6.07) is 22.6. The molecule has 36 heavy (non-hydrogen) atoms. The number of nitrogens with zero attached hydrogens (tertiary/aromatic N) is 1. The van der Waals surface area contributed by atoms with Crippen molar-refractivity contribution >= 4 is 29.8 Å². The van der Waals surface area contributed by atoms with E-state index in [0.29, 0.717) is 17.9 Å². The van der Waals surface area contributed by atoms with Gasteiger partial charge in [0.1, 0.15) is 5.75 Å². The minimum Gasteiger partial charge on any atom is -0.494 e. The van der Waals surface area contributed by atoms with Crippen molar-refractivity contribution < 1.29 is 14.6 Å². The summed E-state index contributed by atoms with van der Waals surface area (Å²) in [4.78, 5) is 14.2. The van der Waals surface area contributed by atoms with Crippen LogP contribution in [0, 0.1) is 0 Å². The molecule has 182 valence electrons. The number of fused-ring (bicyclic) bond motifs is 2. The molecular formula is C32H31NO3. The number of benzene rings is 3. The van der Waals surface area contributed by atoms with Gasteiger partial charge in [-0.15, -0.1) is 0 Å². The molecule has 1 fully saturated rings. The number of carbonyl (C=O) groups is 1. The fourth-order valence-corrected chi connectivity index (χ4v) is 5.15. The number of carboxylic acid groups (broad SMARTS) is 1. The van der Waals surface area contributed by atoms with Crippen LogP contribution in [0.3, 0.4) is 0 Å². The number of likely N-dealkylation sites (tertiary alicyclic amines) is 1. The second-order valence-electron chi connectivity index (χ2n) is 9.18. The van der Waals surface area contributed by atoms with Gasteiger partial charge in [0.05, 0.1) is 12.2 Å². The van der Waals surface area contributed by atoms with Crippen LogP contribution >= 0.6 is 0 Å². The largest absolute Gasteiger partial charge is 0.494 e. The Hall–Kier alpha value is -3.89. The topological polar surface area (TPSA) is 49.8 Å². The highest BCUT2D eigenvalue weighted by molar-refractivity contribution is 5.95. The predicted octanol–water partition coefficient (Wildman–Crippen LogP) is 6.88. The number of hydrogen-bond acceptors (Lipinski definition) is 3. The highest BCUT2D eigenvalue weighted by atomic mass is 16.5. The van der Waals surface area contributed by atoms with Crippen LogP contribution in [0.15, 0.2) is 78.4 Å². The Bertz CT molecular complexity index is 1300. The van der Waals surface area contributed by atoms with Crippen LogP contribution in [0.1, 0.15) is 57.9 Å². The molecule has 1 aliphatic carbocycles. The van der Waals surface area contributed by atoms with Crippen molar-refractivity contribution in [3.8, 4) is 5.75 Å². The van der Waals surface area contributed by atoms with Gasteiger partial charge in [-0.2, -0.15) is 0 Å². The van der Waals surface area contributed by atoms with E-state index in [1.807, 2.05) is 25.1 Å². The summed E-state index contributed by atoms with van der Waals surface area (Å²) in [5.74, 6) is -0.357. The van der Waals surface area contributed by atoms with Crippen molar-refractivity contribution in [2.45, 2.75) is 19.8 Å². The Labute approximate surface area is 212 Å². The lowest BCUT2D eigenvalue weighted by atomic mass is 9.86. The van der Waals surface area contributed by atoms with Crippen molar-refractivity contribution in [1.82, 2.24) is 4.90 Å². The maximum Gasteiger partial charge on any atom is 0.336 e. The average Bonchev–Trinajstić information content (AvgIpc) is 3.07. The van der Waals surface area contributed by atoms with Gasteiger partial charge in [-0.3, -0.25) is 4.90 Å². The first-order chi connectivity index (χ1) is 17.6. The van der Waals surface area contributed by atoms with Gasteiger partial charge in [0.2, 0.25) is 0 Å². The number of carboxylic acids is 1. The lowest BCUT2D eigenvalue weighted by molar-refractivity contribution is 0.0696. The summed E-state index contributed by atoms with van der Waals surface area (Å²) in [6.45, 7) is 5.16. The third-order valence-electron chi connectivity index (χ3n) is 6.94. The van der Waals surface area contributed by atoms with Crippen LogP contribution in [0.4, 0.5) is 0 Å². The van der Waals surface area contributed by atoms with E-state index in [2.05, 4.69) is 71.7 Å². The summed E-state index contributed by atoms with van der Waals surface area (Å²) >= 11 is 0. The van der Waals surface area contributed by atoms with Gasteiger partial charge in [0.15, 0.2) is 0 Å². The van der Waals surface area contributed by atoms with E-state index >= 15 is 0 Å². The number of rotatable bonds is 6. The van der Waals surface area contributed by atoms with Gasteiger partial charge in [-0.05, 0) is 65.3 Å². The molecule has 0 amide bonds. The lowest BCUT2D eigenvalue weighted by Crippen LogP contribution is -2.31. The molecule has 0 atom stereocenters. The maximum atomic E-state index is 11.7. The van der Waals surface area contributed by atoms with Crippen LogP contribution in [0.2, 0.25) is 0 Å². The molecule has 0 aromatic heterocycles. The SMILES string of the molecule is CCOc1ccc(/C=C/CN2CCC(=C3c4ccccc4C=Cc4ccccc43)CC2)c(C(=O)O)c1. The average molecular weight is 478 g/mol. The zero-order chi connectivity index (χ0) is 24.9. The molecular weight excluding hydrogens is 446 g/mol. The minimum absolute atomic E-state index is 0.266. The molecule has 3 aromatic rings. The summed E-state index contributed by atoms with van der Waals surface area (Å²) in [5.41, 5.74) is 9.04. The van der Waals surface area contributed by atoms with Crippen LogP contribution in [-0.2, 0) is 0 Å². The van der Waals surface area contributed by atoms with Crippen LogP contribution in [0.5, 0.6) is 5.75 Å². The van der Waals surface area contributed by atoms with Crippen LogP contribution in [-0.4, -0.2) is 42.2 Å². The quantitative estimate of drug-likeness (QED) is 0.329. The fraction of sp³-hybridized carbons (Fsp3) is 0.219. The fourth-order valence-electron chi connectivity index (χ4n) is 5.15. The number of aromatic carboxylic acids is 1. The second-order valence-corrected chi connectivity index (χ2v) is 9.18. The predicted molar refractivity (Wildman–Crippen MR) is 147 cm³/mol. The molecule has 1 N–H and O–H groups in total. The van der Waals surface area contributed by atoms with Gasteiger partial charge in [0.25, 0.3) is 0 Å². The minimum atomic E-state index is -0.941. The molecule has 1 heterocycles. The van der Waals surface area contributed by atoms with Crippen molar-refractivity contribution in [3.05, 3.63) is 112 Å². The van der Waals surface area contributed by atoms with Crippen LogP contribution < -0.4 is 4.74 Å². The standard InChI is InChI=1S/C32H31NO3/c1-2-36-27-16-15-25(30(22-27)32(34)35)10-7-19-33-20-17-26(18-21-33)31-28-11-5-3-8-23(28)13-14-24-9-4-6-12-29(24)31/h3-16,22H,2,17-21H2,1H3,(H,34,35)/b10-7+. The Morgan fingerprint density at radius 2 is 1.58 bits per heavy atom. The number of ether oxygens (including phenoxy) is 1. The van der Waals surface area contributed by atoms with E-state index in [4.69, 9.17) is 4.74 Å². The van der Waals surface area contributed by atoms with Gasteiger partial charge in [-0.1, -0.05) is 84.5 Å². The number of piperidine rings is 1. The molecule has 0 radical (unpaired) electrons. The first-order valence-corrected chi connectivity index (χ1v) is 12.6. The zero-order valence-electron chi connectivity index (χ0n) is 20.6. The van der Waals surface area contributed by atoms with Crippen LogP contribution in [0.25, 0.3) is 23.8 Å². The van der Waals surface area contributed by atoms with Gasteiger partial charge in [0, 0.05) is 19.6 Å². The lowest BCUT2D eigenvalue weighted by Gasteiger charge is -2.29. The number of hydrogen-bond donors (Lipinski definition) is 1. The van der Waals surface area contributed by atoms with Crippen molar-refractivity contribution in [3.63, 3.8) is 0 Å². The Morgan fingerprint density at radius 1 is 0.944 bits per heavy atom. The molecule has 2 aliphatic rings.